The number of hydrogen-bond donors (Lipinski definition) is 3. The minimum absolute atomic E-state index is 0.143. The summed E-state index contributed by atoms with van der Waals surface area (Å²) in [6, 6.07) is 1.54. The summed E-state index contributed by atoms with van der Waals surface area (Å²) in [5.74, 6) is 0. The average molecular weight is 509 g/mol. The van der Waals surface area contributed by atoms with Gasteiger partial charge in [0.25, 0.3) is 0 Å². The third-order valence-electron chi connectivity index (χ3n) is 3.42. The van der Waals surface area contributed by atoms with Gasteiger partial charge in [0, 0.05) is 5.39 Å². The van der Waals surface area contributed by atoms with Gasteiger partial charge in [-0.05, 0) is 63.5 Å². The normalized spacial score (nSPS) is 12.0. The van der Waals surface area contributed by atoms with Crippen molar-refractivity contribution in [3.05, 3.63) is 26.3 Å². The summed E-state index contributed by atoms with van der Waals surface area (Å²) in [5, 5.41) is 6.52. The van der Waals surface area contributed by atoms with E-state index in [0.29, 0.717) is 31.8 Å². The van der Waals surface area contributed by atoms with Gasteiger partial charge in [-0.15, -0.1) is 0 Å². The monoisotopic (exact) mass is 507 g/mol. The van der Waals surface area contributed by atoms with Gasteiger partial charge in [0.05, 0.1) is 38.0 Å². The number of fused-ring (bicyclic) bond motifs is 1. The van der Waals surface area contributed by atoms with Gasteiger partial charge in [0.2, 0.25) is 0 Å². The standard InChI is InChI=1S/C19H24BrCl2N3O4/c1-18(2,3)28-16(26)23-8-11-13(20)12-10(25-17(27)29-19(4,5)6)7-9(21)14(22)15(12)24-11/h7,24H,8H2,1-6H3,(H,23,26)(H,25,27). The topological polar surface area (TPSA) is 92.5 Å². The van der Waals surface area contributed by atoms with Crippen molar-refractivity contribution in [2.75, 3.05) is 5.32 Å². The molecule has 160 valence electrons. The summed E-state index contributed by atoms with van der Waals surface area (Å²) >= 11 is 16.1. The van der Waals surface area contributed by atoms with Crippen LogP contribution in [0, 0.1) is 0 Å². The van der Waals surface area contributed by atoms with E-state index in [1.807, 2.05) is 0 Å². The van der Waals surface area contributed by atoms with Gasteiger partial charge in [0.15, 0.2) is 0 Å². The van der Waals surface area contributed by atoms with Gasteiger partial charge >= 0.3 is 12.2 Å². The molecular formula is C19H24BrCl2N3O4. The molecule has 0 aliphatic heterocycles. The Balaban J connectivity index is 2.34. The Morgan fingerprint density at radius 1 is 1.07 bits per heavy atom. The molecule has 2 aromatic rings. The Morgan fingerprint density at radius 3 is 2.17 bits per heavy atom. The lowest BCUT2D eigenvalue weighted by Gasteiger charge is -2.20. The SMILES string of the molecule is CC(C)(C)OC(=O)NCc1[nH]c2c(Cl)c(Cl)cc(NC(=O)OC(C)(C)C)c2c1Br. The molecule has 2 rings (SSSR count). The van der Waals surface area contributed by atoms with Crippen molar-refractivity contribution in [1.29, 1.82) is 0 Å². The molecule has 0 atom stereocenters. The highest BCUT2D eigenvalue weighted by Crippen LogP contribution is 2.41. The Morgan fingerprint density at radius 2 is 1.62 bits per heavy atom. The molecule has 0 bridgehead atoms. The molecule has 2 amide bonds. The second-order valence-electron chi connectivity index (χ2n) is 8.37. The number of ether oxygens (including phenoxy) is 2. The largest absolute Gasteiger partial charge is 0.444 e. The number of H-pyrrole nitrogens is 1. The Kier molecular flexibility index (Phi) is 7.02. The summed E-state index contributed by atoms with van der Waals surface area (Å²) in [6.07, 6.45) is -1.18. The van der Waals surface area contributed by atoms with Crippen molar-refractivity contribution in [3.63, 3.8) is 0 Å². The third-order valence-corrected chi connectivity index (χ3v) is 5.09. The number of benzene rings is 1. The lowest BCUT2D eigenvalue weighted by Crippen LogP contribution is -2.32. The van der Waals surface area contributed by atoms with Crippen LogP contribution in [0.5, 0.6) is 0 Å². The fraction of sp³-hybridized carbons (Fsp3) is 0.474. The highest BCUT2D eigenvalue weighted by atomic mass is 79.9. The van der Waals surface area contributed by atoms with Crippen molar-refractivity contribution in [1.82, 2.24) is 10.3 Å². The maximum absolute atomic E-state index is 12.2. The van der Waals surface area contributed by atoms with E-state index < -0.39 is 23.4 Å². The van der Waals surface area contributed by atoms with Crippen LogP contribution in [0.1, 0.15) is 47.2 Å². The van der Waals surface area contributed by atoms with E-state index in [0.717, 1.165) is 0 Å². The molecule has 1 heterocycles. The smallest absolute Gasteiger partial charge is 0.412 e. The van der Waals surface area contributed by atoms with Gasteiger partial charge in [0.1, 0.15) is 11.2 Å². The van der Waals surface area contributed by atoms with Crippen molar-refractivity contribution in [3.8, 4) is 0 Å². The summed E-state index contributed by atoms with van der Waals surface area (Å²) in [4.78, 5) is 27.3. The summed E-state index contributed by atoms with van der Waals surface area (Å²) in [6.45, 7) is 10.8. The fourth-order valence-electron chi connectivity index (χ4n) is 2.44. The molecule has 0 aliphatic rings. The number of rotatable bonds is 3. The number of aromatic amines is 1. The number of nitrogens with one attached hydrogen (secondary N) is 3. The van der Waals surface area contributed by atoms with Gasteiger partial charge in [-0.3, -0.25) is 5.32 Å². The van der Waals surface area contributed by atoms with Crippen molar-refractivity contribution in [2.24, 2.45) is 0 Å². The minimum atomic E-state index is -0.655. The highest BCUT2D eigenvalue weighted by molar-refractivity contribution is 9.10. The zero-order valence-corrected chi connectivity index (χ0v) is 20.1. The number of halogens is 3. The number of aromatic nitrogens is 1. The van der Waals surface area contributed by atoms with Crippen LogP contribution in [-0.4, -0.2) is 28.4 Å². The van der Waals surface area contributed by atoms with Crippen LogP contribution in [0.4, 0.5) is 15.3 Å². The molecule has 0 spiro atoms. The third kappa shape index (κ3) is 6.42. The molecule has 0 saturated carbocycles. The molecule has 10 heteroatoms. The molecule has 7 nitrogen and oxygen atoms in total. The summed E-state index contributed by atoms with van der Waals surface area (Å²) < 4.78 is 11.2. The molecule has 1 aromatic heterocycles. The van der Waals surface area contributed by atoms with E-state index >= 15 is 0 Å². The van der Waals surface area contributed by atoms with E-state index in [9.17, 15) is 9.59 Å². The molecular weight excluding hydrogens is 485 g/mol. The average Bonchev–Trinajstić information content (AvgIpc) is 2.84. The van der Waals surface area contributed by atoms with Crippen molar-refractivity contribution < 1.29 is 19.1 Å². The minimum Gasteiger partial charge on any atom is -0.444 e. The molecule has 29 heavy (non-hydrogen) atoms. The van der Waals surface area contributed by atoms with Crippen LogP contribution in [-0.2, 0) is 16.0 Å². The molecule has 1 aromatic carbocycles. The lowest BCUT2D eigenvalue weighted by molar-refractivity contribution is 0.0522. The van der Waals surface area contributed by atoms with Gasteiger partial charge in [-0.25, -0.2) is 9.59 Å². The number of carbonyl (C=O) groups is 2. The predicted octanol–water partition coefficient (Wildman–Crippen LogP) is 6.61. The first-order valence-electron chi connectivity index (χ1n) is 8.83. The van der Waals surface area contributed by atoms with Crippen LogP contribution in [0.2, 0.25) is 10.0 Å². The van der Waals surface area contributed by atoms with Gasteiger partial charge in [-0.1, -0.05) is 23.2 Å². The quantitative estimate of drug-likeness (QED) is 0.434. The number of amides is 2. The number of alkyl carbamates (subject to hydrolysis) is 1. The number of hydrogen-bond acceptors (Lipinski definition) is 4. The van der Waals surface area contributed by atoms with E-state index in [1.165, 1.54) is 0 Å². The zero-order valence-electron chi connectivity index (χ0n) is 17.1. The molecule has 3 N–H and O–H groups in total. The predicted molar refractivity (Wildman–Crippen MR) is 119 cm³/mol. The maximum Gasteiger partial charge on any atom is 0.412 e. The Bertz CT molecular complexity index is 946. The Hall–Kier alpha value is -1.64. The number of anilines is 1. The van der Waals surface area contributed by atoms with Crippen molar-refractivity contribution >= 4 is 67.9 Å². The second kappa shape index (κ2) is 8.62. The first-order valence-corrected chi connectivity index (χ1v) is 10.4. The van der Waals surface area contributed by atoms with Crippen LogP contribution >= 0.6 is 39.1 Å². The molecule has 0 fully saturated rings. The van der Waals surface area contributed by atoms with E-state index in [-0.39, 0.29) is 11.6 Å². The van der Waals surface area contributed by atoms with Crippen LogP contribution < -0.4 is 10.6 Å². The fourth-order valence-corrected chi connectivity index (χ4v) is 3.49. The lowest BCUT2D eigenvalue weighted by atomic mass is 10.2. The molecule has 0 saturated heterocycles. The highest BCUT2D eigenvalue weighted by Gasteiger charge is 2.22. The first-order chi connectivity index (χ1) is 13.2. The maximum atomic E-state index is 12.2. The molecule has 0 radical (unpaired) electrons. The van der Waals surface area contributed by atoms with Gasteiger partial charge < -0.3 is 19.8 Å². The van der Waals surface area contributed by atoms with E-state index in [1.54, 1.807) is 47.6 Å². The van der Waals surface area contributed by atoms with Crippen LogP contribution in [0.25, 0.3) is 10.9 Å². The first kappa shape index (κ1) is 23.6. The summed E-state index contributed by atoms with van der Waals surface area (Å²) in [7, 11) is 0. The molecule has 0 aliphatic carbocycles. The van der Waals surface area contributed by atoms with Crippen LogP contribution in [0.3, 0.4) is 0 Å². The Labute approximate surface area is 187 Å². The van der Waals surface area contributed by atoms with Gasteiger partial charge in [-0.2, -0.15) is 0 Å². The van der Waals surface area contributed by atoms with E-state index in [4.69, 9.17) is 32.7 Å². The summed E-state index contributed by atoms with van der Waals surface area (Å²) in [5.41, 5.74) is 0.288. The van der Waals surface area contributed by atoms with E-state index in [2.05, 4.69) is 31.5 Å². The molecule has 0 unspecified atom stereocenters. The zero-order chi connectivity index (χ0) is 22.1. The van der Waals surface area contributed by atoms with Crippen LogP contribution in [0.15, 0.2) is 10.5 Å². The second-order valence-corrected chi connectivity index (χ2v) is 9.95. The van der Waals surface area contributed by atoms with Crippen molar-refractivity contribution in [2.45, 2.75) is 59.3 Å². The number of carbonyl (C=O) groups excluding carboxylic acids is 2.